The van der Waals surface area contributed by atoms with Crippen molar-refractivity contribution in [3.8, 4) is 17.2 Å². The number of nitrogens with one attached hydrogen (secondary N) is 1. The Morgan fingerprint density at radius 1 is 0.879 bits per heavy atom. The number of nitrogens with zero attached hydrogens (tertiary/aromatic N) is 1. The fourth-order valence-electron chi connectivity index (χ4n) is 3.98. The molecular formula is C26H22N2O5. The van der Waals surface area contributed by atoms with E-state index in [0.29, 0.717) is 53.0 Å². The summed E-state index contributed by atoms with van der Waals surface area (Å²) in [6.07, 6.45) is 0. The summed E-state index contributed by atoms with van der Waals surface area (Å²) in [6, 6.07) is 19.9. The standard InChI is InChI=1S/C26H22N2O5/c1-16-8-10-20(31-2)19(14-16)28-25(29)23(17-6-4-3-5-7-17)24(26(28)30)27-18-9-11-21-22(15-18)33-13-12-32-21/h3-11,14-15,27H,12-13H2,1-2H3. The van der Waals surface area contributed by atoms with Gasteiger partial charge in [-0.2, -0.15) is 0 Å². The largest absolute Gasteiger partial charge is 0.495 e. The van der Waals surface area contributed by atoms with E-state index < -0.39 is 11.8 Å². The van der Waals surface area contributed by atoms with Crippen molar-refractivity contribution in [2.75, 3.05) is 30.5 Å². The number of rotatable bonds is 5. The summed E-state index contributed by atoms with van der Waals surface area (Å²) in [6.45, 7) is 2.84. The molecule has 3 aromatic rings. The molecule has 2 aliphatic rings. The van der Waals surface area contributed by atoms with Crippen molar-refractivity contribution in [2.24, 2.45) is 0 Å². The Morgan fingerprint density at radius 2 is 1.64 bits per heavy atom. The van der Waals surface area contributed by atoms with Gasteiger partial charge in [0.2, 0.25) is 0 Å². The van der Waals surface area contributed by atoms with Gasteiger partial charge in [0.15, 0.2) is 11.5 Å². The fraction of sp³-hybridized carbons (Fsp3) is 0.154. The number of fused-ring (bicyclic) bond motifs is 1. The number of anilines is 2. The van der Waals surface area contributed by atoms with Crippen LogP contribution in [0.2, 0.25) is 0 Å². The van der Waals surface area contributed by atoms with Gasteiger partial charge in [-0.3, -0.25) is 9.59 Å². The van der Waals surface area contributed by atoms with Crippen molar-refractivity contribution in [1.29, 1.82) is 0 Å². The minimum Gasteiger partial charge on any atom is -0.495 e. The van der Waals surface area contributed by atoms with E-state index in [4.69, 9.17) is 14.2 Å². The van der Waals surface area contributed by atoms with Crippen LogP contribution < -0.4 is 24.4 Å². The molecule has 0 radical (unpaired) electrons. The Hall–Kier alpha value is -4.26. The van der Waals surface area contributed by atoms with Crippen LogP contribution in [0.3, 0.4) is 0 Å². The van der Waals surface area contributed by atoms with Gasteiger partial charge < -0.3 is 19.5 Å². The molecule has 7 nitrogen and oxygen atoms in total. The molecule has 0 unspecified atom stereocenters. The number of methoxy groups -OCH3 is 1. The zero-order valence-corrected chi connectivity index (χ0v) is 18.3. The van der Waals surface area contributed by atoms with Crippen LogP contribution in [0.25, 0.3) is 5.57 Å². The maximum Gasteiger partial charge on any atom is 0.282 e. The van der Waals surface area contributed by atoms with E-state index in [2.05, 4.69) is 5.32 Å². The Bertz CT molecular complexity index is 1280. The predicted octanol–water partition coefficient (Wildman–Crippen LogP) is 4.17. The number of hydrogen-bond acceptors (Lipinski definition) is 6. The number of carbonyl (C=O) groups is 2. The van der Waals surface area contributed by atoms with Gasteiger partial charge in [-0.15, -0.1) is 0 Å². The normalized spacial score (nSPS) is 15.2. The molecule has 7 heteroatoms. The van der Waals surface area contributed by atoms with Crippen molar-refractivity contribution >= 4 is 28.8 Å². The lowest BCUT2D eigenvalue weighted by Crippen LogP contribution is -2.32. The summed E-state index contributed by atoms with van der Waals surface area (Å²) >= 11 is 0. The zero-order chi connectivity index (χ0) is 22.9. The molecule has 33 heavy (non-hydrogen) atoms. The maximum atomic E-state index is 13.6. The predicted molar refractivity (Wildman–Crippen MR) is 125 cm³/mol. The molecule has 0 aliphatic carbocycles. The van der Waals surface area contributed by atoms with Gasteiger partial charge in [-0.1, -0.05) is 36.4 Å². The maximum absolute atomic E-state index is 13.6. The number of imide groups is 1. The molecule has 0 atom stereocenters. The van der Waals surface area contributed by atoms with Crippen LogP contribution in [0.15, 0.2) is 72.4 Å². The molecule has 2 heterocycles. The summed E-state index contributed by atoms with van der Waals surface area (Å²) in [7, 11) is 1.51. The van der Waals surface area contributed by atoms with Crippen LogP contribution in [-0.4, -0.2) is 32.1 Å². The molecule has 0 aromatic heterocycles. The van der Waals surface area contributed by atoms with Gasteiger partial charge in [-0.25, -0.2) is 4.90 Å². The molecule has 2 amide bonds. The topological polar surface area (TPSA) is 77.1 Å². The van der Waals surface area contributed by atoms with E-state index >= 15 is 0 Å². The van der Waals surface area contributed by atoms with Gasteiger partial charge in [0.05, 0.1) is 18.4 Å². The molecule has 0 saturated carbocycles. The summed E-state index contributed by atoms with van der Waals surface area (Å²) in [5, 5.41) is 3.16. The summed E-state index contributed by atoms with van der Waals surface area (Å²) < 4.78 is 16.7. The zero-order valence-electron chi connectivity index (χ0n) is 18.3. The first kappa shape index (κ1) is 20.6. The molecular weight excluding hydrogens is 420 g/mol. The summed E-state index contributed by atoms with van der Waals surface area (Å²) in [5.74, 6) is 0.786. The molecule has 0 saturated heterocycles. The molecule has 3 aromatic carbocycles. The highest BCUT2D eigenvalue weighted by Gasteiger charge is 2.41. The van der Waals surface area contributed by atoms with Gasteiger partial charge in [0, 0.05) is 11.8 Å². The van der Waals surface area contributed by atoms with Gasteiger partial charge in [0.1, 0.15) is 24.7 Å². The lowest BCUT2D eigenvalue weighted by atomic mass is 10.0. The van der Waals surface area contributed by atoms with Crippen LogP contribution in [-0.2, 0) is 9.59 Å². The minimum absolute atomic E-state index is 0.187. The highest BCUT2D eigenvalue weighted by Crippen LogP contribution is 2.39. The van der Waals surface area contributed by atoms with E-state index in [1.54, 1.807) is 30.3 Å². The Morgan fingerprint density at radius 3 is 2.39 bits per heavy atom. The van der Waals surface area contributed by atoms with Crippen LogP contribution >= 0.6 is 0 Å². The third-order valence-corrected chi connectivity index (χ3v) is 5.53. The Labute approximate surface area is 191 Å². The number of carbonyl (C=O) groups excluding carboxylic acids is 2. The van der Waals surface area contributed by atoms with Crippen LogP contribution in [0.5, 0.6) is 17.2 Å². The highest BCUT2D eigenvalue weighted by atomic mass is 16.6. The van der Waals surface area contributed by atoms with E-state index in [0.717, 1.165) is 10.5 Å². The van der Waals surface area contributed by atoms with Crippen molar-refractivity contribution in [3.63, 3.8) is 0 Å². The number of aryl methyl sites for hydroxylation is 1. The number of ether oxygens (including phenoxy) is 3. The van der Waals surface area contributed by atoms with Gasteiger partial charge >= 0.3 is 0 Å². The second-order valence-electron chi connectivity index (χ2n) is 7.72. The van der Waals surface area contributed by atoms with Crippen molar-refractivity contribution in [1.82, 2.24) is 0 Å². The first-order valence-corrected chi connectivity index (χ1v) is 10.6. The molecule has 0 bridgehead atoms. The lowest BCUT2D eigenvalue weighted by molar-refractivity contribution is -0.120. The molecule has 5 rings (SSSR count). The minimum atomic E-state index is -0.461. The quantitative estimate of drug-likeness (QED) is 0.598. The van der Waals surface area contributed by atoms with Crippen molar-refractivity contribution < 1.29 is 23.8 Å². The molecule has 0 fully saturated rings. The van der Waals surface area contributed by atoms with Crippen molar-refractivity contribution in [2.45, 2.75) is 6.92 Å². The summed E-state index contributed by atoms with van der Waals surface area (Å²) in [5.41, 5.74) is 3.04. The highest BCUT2D eigenvalue weighted by molar-refractivity contribution is 6.46. The van der Waals surface area contributed by atoms with Crippen LogP contribution in [0.4, 0.5) is 11.4 Å². The number of benzene rings is 3. The Kier molecular flexibility index (Phi) is 5.22. The fourth-order valence-corrected chi connectivity index (χ4v) is 3.98. The Balaban J connectivity index is 1.60. The second kappa shape index (κ2) is 8.35. The lowest BCUT2D eigenvalue weighted by Gasteiger charge is -2.20. The molecule has 166 valence electrons. The third kappa shape index (κ3) is 3.67. The van der Waals surface area contributed by atoms with E-state index in [9.17, 15) is 9.59 Å². The summed E-state index contributed by atoms with van der Waals surface area (Å²) in [4.78, 5) is 28.4. The smallest absolute Gasteiger partial charge is 0.282 e. The average Bonchev–Trinajstić information content (AvgIpc) is 3.08. The third-order valence-electron chi connectivity index (χ3n) is 5.53. The van der Waals surface area contributed by atoms with Gasteiger partial charge in [0.25, 0.3) is 11.8 Å². The molecule has 2 aliphatic heterocycles. The van der Waals surface area contributed by atoms with Crippen molar-refractivity contribution in [3.05, 3.63) is 83.6 Å². The second-order valence-corrected chi connectivity index (χ2v) is 7.72. The first-order valence-electron chi connectivity index (χ1n) is 10.6. The van der Waals surface area contributed by atoms with Crippen LogP contribution in [0.1, 0.15) is 11.1 Å². The molecule has 1 N–H and O–H groups in total. The number of hydrogen-bond donors (Lipinski definition) is 1. The van der Waals surface area contributed by atoms with E-state index in [1.807, 2.05) is 43.3 Å². The van der Waals surface area contributed by atoms with Crippen LogP contribution in [0, 0.1) is 6.92 Å². The van der Waals surface area contributed by atoms with E-state index in [-0.39, 0.29) is 5.70 Å². The monoisotopic (exact) mass is 442 g/mol. The molecule has 0 spiro atoms. The average molecular weight is 442 g/mol. The number of amides is 2. The van der Waals surface area contributed by atoms with Gasteiger partial charge in [-0.05, 0) is 42.3 Å². The van der Waals surface area contributed by atoms with E-state index in [1.165, 1.54) is 7.11 Å². The first-order chi connectivity index (χ1) is 16.1. The SMILES string of the molecule is COc1ccc(C)cc1N1C(=O)C(Nc2ccc3c(c2)OCCO3)=C(c2ccccc2)C1=O.